The molecule has 38 heavy (non-hydrogen) atoms. The summed E-state index contributed by atoms with van der Waals surface area (Å²) in [5.74, 6) is 1.83. The van der Waals surface area contributed by atoms with Crippen LogP contribution >= 0.6 is 0 Å². The third-order valence-corrected chi connectivity index (χ3v) is 7.41. The van der Waals surface area contributed by atoms with Gasteiger partial charge < -0.3 is 34.9 Å². The fraction of sp³-hybridized carbons (Fsp3) is 0.481. The number of aliphatic hydroxyl groups excluding tert-OH is 1. The van der Waals surface area contributed by atoms with E-state index in [0.717, 1.165) is 25.7 Å². The topological polar surface area (TPSA) is 148 Å². The van der Waals surface area contributed by atoms with Gasteiger partial charge in [-0.2, -0.15) is 0 Å². The van der Waals surface area contributed by atoms with Crippen LogP contribution in [-0.4, -0.2) is 63.5 Å². The second-order valence-corrected chi connectivity index (χ2v) is 10.3. The molecule has 11 nitrogen and oxygen atoms in total. The number of aromatic amines is 1. The van der Waals surface area contributed by atoms with Gasteiger partial charge in [-0.25, -0.2) is 9.97 Å². The molecule has 0 unspecified atom stereocenters. The Balaban J connectivity index is 1.22. The van der Waals surface area contributed by atoms with Crippen LogP contribution in [0.4, 0.5) is 0 Å². The average molecular weight is 522 g/mol. The Hall–Kier alpha value is -3.86. The normalized spacial score (nSPS) is 21.2. The first kappa shape index (κ1) is 24.5. The van der Waals surface area contributed by atoms with E-state index in [4.69, 9.17) is 14.2 Å². The first-order chi connectivity index (χ1) is 18.5. The van der Waals surface area contributed by atoms with Crippen molar-refractivity contribution in [3.63, 3.8) is 0 Å². The molecule has 2 saturated carbocycles. The molecule has 0 saturated heterocycles. The fourth-order valence-electron chi connectivity index (χ4n) is 5.06. The number of amides is 2. The maximum absolute atomic E-state index is 13.3. The van der Waals surface area contributed by atoms with Crippen molar-refractivity contribution >= 4 is 22.8 Å². The van der Waals surface area contributed by atoms with E-state index in [2.05, 4.69) is 25.6 Å². The molecule has 2 aromatic heterocycles. The Morgan fingerprint density at radius 1 is 1.11 bits per heavy atom. The van der Waals surface area contributed by atoms with E-state index in [1.54, 1.807) is 6.20 Å². The maximum atomic E-state index is 13.3. The molecule has 4 N–H and O–H groups in total. The molecule has 200 valence electrons. The van der Waals surface area contributed by atoms with Crippen molar-refractivity contribution in [2.24, 2.45) is 5.92 Å². The lowest BCUT2D eigenvalue weighted by molar-refractivity contribution is -0.129. The molecule has 3 aliphatic rings. The smallest absolute Gasteiger partial charge is 0.255 e. The third kappa shape index (κ3) is 4.85. The van der Waals surface area contributed by atoms with Crippen molar-refractivity contribution in [3.8, 4) is 28.5 Å². The maximum Gasteiger partial charge on any atom is 0.255 e. The van der Waals surface area contributed by atoms with Gasteiger partial charge in [0.1, 0.15) is 29.4 Å². The number of benzene rings is 1. The van der Waals surface area contributed by atoms with Gasteiger partial charge in [-0.1, -0.05) is 0 Å². The zero-order chi connectivity index (χ0) is 26.2. The molecule has 2 aliphatic carbocycles. The lowest BCUT2D eigenvalue weighted by Gasteiger charge is -2.29. The van der Waals surface area contributed by atoms with E-state index in [1.165, 1.54) is 26.1 Å². The van der Waals surface area contributed by atoms with Crippen LogP contribution in [0.15, 0.2) is 24.7 Å². The molecule has 11 heteroatoms. The minimum Gasteiger partial charge on any atom is -0.492 e. The summed E-state index contributed by atoms with van der Waals surface area (Å²) in [6.07, 6.45) is 7.33. The molecule has 0 bridgehead atoms. The first-order valence-corrected chi connectivity index (χ1v) is 13.1. The zero-order valence-corrected chi connectivity index (χ0v) is 21.2. The highest BCUT2D eigenvalue weighted by Crippen LogP contribution is 2.48. The van der Waals surface area contributed by atoms with Crippen LogP contribution in [0, 0.1) is 5.92 Å². The molecule has 1 aromatic carbocycles. The van der Waals surface area contributed by atoms with Gasteiger partial charge in [0.05, 0.1) is 23.3 Å². The number of nitrogens with zero attached hydrogens (tertiary/aromatic N) is 2. The lowest BCUT2D eigenvalue weighted by Crippen LogP contribution is -2.45. The van der Waals surface area contributed by atoms with Crippen LogP contribution in [0.2, 0.25) is 0 Å². The molecule has 3 aromatic rings. The number of aliphatic hydroxyl groups is 1. The van der Waals surface area contributed by atoms with Crippen molar-refractivity contribution < 1.29 is 28.9 Å². The van der Waals surface area contributed by atoms with E-state index >= 15 is 0 Å². The van der Waals surface area contributed by atoms with Gasteiger partial charge in [0.25, 0.3) is 5.91 Å². The summed E-state index contributed by atoms with van der Waals surface area (Å²) in [5.41, 5.74) is 2.81. The molecule has 3 heterocycles. The first-order valence-electron chi connectivity index (χ1n) is 13.1. The number of rotatable bonds is 8. The van der Waals surface area contributed by atoms with E-state index < -0.39 is 6.10 Å². The van der Waals surface area contributed by atoms with Crippen molar-refractivity contribution in [2.45, 2.75) is 63.6 Å². The van der Waals surface area contributed by atoms with Crippen LogP contribution in [0.5, 0.6) is 17.2 Å². The van der Waals surface area contributed by atoms with Crippen molar-refractivity contribution in [2.75, 3.05) is 13.4 Å². The minimum absolute atomic E-state index is 0.00349. The van der Waals surface area contributed by atoms with Gasteiger partial charge >= 0.3 is 0 Å². The molecular formula is C27H31N5O6. The van der Waals surface area contributed by atoms with Crippen molar-refractivity contribution in [1.29, 1.82) is 0 Å². The number of carbonyl (C=O) groups is 2. The number of hydrogen-bond acceptors (Lipinski definition) is 8. The SMILES string of the molecule is C[C@H](O)C(=O)NC1CCC(NC(=O)c2c[nH]c3c(-c4c(OCC5CC5)ccc5c4OCO5)ncnc23)CC1. The van der Waals surface area contributed by atoms with Crippen molar-refractivity contribution in [3.05, 3.63) is 30.2 Å². The molecular weight excluding hydrogens is 490 g/mol. The number of hydrogen-bond donors (Lipinski definition) is 4. The Morgan fingerprint density at radius 2 is 1.87 bits per heavy atom. The van der Waals surface area contributed by atoms with E-state index in [0.29, 0.717) is 57.6 Å². The average Bonchev–Trinajstić information content (AvgIpc) is 3.44. The summed E-state index contributed by atoms with van der Waals surface area (Å²) < 4.78 is 17.6. The summed E-state index contributed by atoms with van der Waals surface area (Å²) in [7, 11) is 0. The second kappa shape index (κ2) is 10.1. The quantitative estimate of drug-likeness (QED) is 0.354. The van der Waals surface area contributed by atoms with E-state index in [1.807, 2.05) is 12.1 Å². The molecule has 1 atom stereocenters. The predicted molar refractivity (Wildman–Crippen MR) is 137 cm³/mol. The number of H-pyrrole nitrogens is 1. The Labute approximate surface area is 219 Å². The van der Waals surface area contributed by atoms with Crippen LogP contribution < -0.4 is 24.8 Å². The standard InChI is InChI=1S/C27H31N5O6/c1-14(33)26(34)31-16-4-6-17(7-5-16)32-27(35)18-10-28-24-22(18)29-12-30-23(24)21-19(36-11-15-2-3-15)8-9-20-25(21)38-13-37-20/h8-10,12,14-17,28,33H,2-7,11,13H2,1H3,(H,31,34)(H,32,35)/t14-,16?,17?/m0/s1. The van der Waals surface area contributed by atoms with Gasteiger partial charge in [0, 0.05) is 18.3 Å². The fourth-order valence-corrected chi connectivity index (χ4v) is 5.06. The predicted octanol–water partition coefficient (Wildman–Crippen LogP) is 2.68. The highest BCUT2D eigenvalue weighted by atomic mass is 16.7. The van der Waals surface area contributed by atoms with Crippen LogP contribution in [0.1, 0.15) is 55.8 Å². The van der Waals surface area contributed by atoms with Crippen molar-refractivity contribution in [1.82, 2.24) is 25.6 Å². The molecule has 0 spiro atoms. The lowest BCUT2D eigenvalue weighted by atomic mass is 9.91. The molecule has 1 aliphatic heterocycles. The number of carbonyl (C=O) groups excluding carboxylic acids is 2. The number of fused-ring (bicyclic) bond motifs is 2. The highest BCUT2D eigenvalue weighted by molar-refractivity contribution is 6.08. The Morgan fingerprint density at radius 3 is 2.61 bits per heavy atom. The Kier molecular flexibility index (Phi) is 6.52. The highest BCUT2D eigenvalue weighted by Gasteiger charge is 2.30. The van der Waals surface area contributed by atoms with Gasteiger partial charge in [0.15, 0.2) is 11.5 Å². The summed E-state index contributed by atoms with van der Waals surface area (Å²) >= 11 is 0. The largest absolute Gasteiger partial charge is 0.492 e. The van der Waals surface area contributed by atoms with Gasteiger partial charge in [0.2, 0.25) is 12.7 Å². The Bertz CT molecular complexity index is 1360. The molecule has 6 rings (SSSR count). The second-order valence-electron chi connectivity index (χ2n) is 10.3. The number of aromatic nitrogens is 3. The monoisotopic (exact) mass is 521 g/mol. The van der Waals surface area contributed by atoms with Crippen LogP contribution in [-0.2, 0) is 4.79 Å². The van der Waals surface area contributed by atoms with Gasteiger partial charge in [-0.05, 0) is 63.5 Å². The van der Waals surface area contributed by atoms with Crippen LogP contribution in [0.25, 0.3) is 22.3 Å². The summed E-state index contributed by atoms with van der Waals surface area (Å²) in [6.45, 7) is 2.20. The number of nitrogens with one attached hydrogen (secondary N) is 3. The molecule has 0 radical (unpaired) electrons. The van der Waals surface area contributed by atoms with Crippen LogP contribution in [0.3, 0.4) is 0 Å². The third-order valence-electron chi connectivity index (χ3n) is 7.41. The zero-order valence-electron chi connectivity index (χ0n) is 21.2. The summed E-state index contributed by atoms with van der Waals surface area (Å²) in [4.78, 5) is 37.2. The molecule has 2 amide bonds. The van der Waals surface area contributed by atoms with E-state index in [9.17, 15) is 14.7 Å². The van der Waals surface area contributed by atoms with Gasteiger partial charge in [-0.3, -0.25) is 9.59 Å². The summed E-state index contributed by atoms with van der Waals surface area (Å²) in [5, 5.41) is 15.4. The summed E-state index contributed by atoms with van der Waals surface area (Å²) in [6, 6.07) is 3.70. The number of ether oxygens (including phenoxy) is 3. The molecule has 2 fully saturated rings. The minimum atomic E-state index is -1.03. The van der Waals surface area contributed by atoms with E-state index in [-0.39, 0.29) is 30.7 Å². The van der Waals surface area contributed by atoms with Gasteiger partial charge in [-0.15, -0.1) is 0 Å².